The van der Waals surface area contributed by atoms with Crippen LogP contribution in [0.4, 0.5) is 11.4 Å². The fourth-order valence-corrected chi connectivity index (χ4v) is 6.76. The summed E-state index contributed by atoms with van der Waals surface area (Å²) < 4.78 is 7.09. The summed E-state index contributed by atoms with van der Waals surface area (Å²) >= 11 is 3.69. The van der Waals surface area contributed by atoms with Crippen LogP contribution in [0.25, 0.3) is 10.8 Å². The number of hydrogen-bond donors (Lipinski definition) is 1. The smallest absolute Gasteiger partial charge is 0.134 e. The number of aryl methyl sites for hydroxylation is 1. The number of halogens is 1. The second kappa shape index (κ2) is 11.0. The van der Waals surface area contributed by atoms with Gasteiger partial charge in [-0.05, 0) is 105 Å². The van der Waals surface area contributed by atoms with Gasteiger partial charge in [0.1, 0.15) is 12.4 Å². The second-order valence-electron chi connectivity index (χ2n) is 11.0. The van der Waals surface area contributed by atoms with Gasteiger partial charge < -0.3 is 10.1 Å². The molecule has 0 radical (unpaired) electrons. The van der Waals surface area contributed by atoms with E-state index < -0.39 is 0 Å². The van der Waals surface area contributed by atoms with Crippen molar-refractivity contribution in [3.05, 3.63) is 148 Å². The molecule has 1 aliphatic heterocycles. The third-order valence-corrected chi connectivity index (χ3v) is 8.97. The maximum Gasteiger partial charge on any atom is 0.134 e. The monoisotopic (exact) mass is 598 g/mol. The van der Waals surface area contributed by atoms with E-state index in [9.17, 15) is 0 Å². The van der Waals surface area contributed by atoms with Gasteiger partial charge in [-0.15, -0.1) is 0 Å². The fourth-order valence-electron chi connectivity index (χ4n) is 6.25. The third-order valence-electron chi connectivity index (χ3n) is 8.35. The molecule has 0 aromatic heterocycles. The Balaban J connectivity index is 1.03. The van der Waals surface area contributed by atoms with Crippen LogP contribution in [0.5, 0.6) is 5.75 Å². The molecule has 0 saturated heterocycles. The van der Waals surface area contributed by atoms with Crippen molar-refractivity contribution in [1.82, 2.24) is 0 Å². The predicted octanol–water partition coefficient (Wildman–Crippen LogP) is 10.1. The minimum Gasteiger partial charge on any atom is -0.488 e. The maximum absolute atomic E-state index is 6.18. The highest BCUT2D eigenvalue weighted by molar-refractivity contribution is 9.10. The number of rotatable bonds is 6. The van der Waals surface area contributed by atoms with Gasteiger partial charge in [-0.2, -0.15) is 0 Å². The molecule has 3 atom stereocenters. The molecule has 1 aliphatic carbocycles. The molecule has 0 spiro atoms. The molecular weight excluding hydrogens is 568 g/mol. The van der Waals surface area contributed by atoms with Gasteiger partial charge in [0, 0.05) is 17.8 Å². The van der Waals surface area contributed by atoms with Gasteiger partial charge in [-0.3, -0.25) is 4.99 Å². The first-order valence-electron chi connectivity index (χ1n) is 14.2. The van der Waals surface area contributed by atoms with E-state index in [-0.39, 0.29) is 0 Å². The molecule has 7 rings (SSSR count). The zero-order valence-electron chi connectivity index (χ0n) is 22.9. The molecule has 0 fully saturated rings. The van der Waals surface area contributed by atoms with Crippen LogP contribution in [0.1, 0.15) is 46.2 Å². The number of ether oxygens (including phenoxy) is 1. The highest BCUT2D eigenvalue weighted by Crippen LogP contribution is 2.50. The van der Waals surface area contributed by atoms with Crippen molar-refractivity contribution >= 4 is 44.3 Å². The molecule has 41 heavy (non-hydrogen) atoms. The zero-order valence-corrected chi connectivity index (χ0v) is 24.5. The standard InChI is InChI=1S/C37H31BrN2O/c1-24-12-18-35-33(20-24)31-10-5-11-32(31)37(40-35)27-14-16-29(17-15-27)39-22-25-13-19-36(34(38)21-25)41-23-28-8-4-7-26-6-2-3-9-30(26)28/h2-10,12-22,31-32,37,40H,11,23H2,1H3/t31-,32+,37-/m1/s1. The number of fused-ring (bicyclic) bond motifs is 4. The quantitative estimate of drug-likeness (QED) is 0.156. The Kier molecular flexibility index (Phi) is 6.93. The molecule has 1 N–H and O–H groups in total. The summed E-state index contributed by atoms with van der Waals surface area (Å²) in [4.78, 5) is 4.75. The molecular formula is C37H31BrN2O. The summed E-state index contributed by atoms with van der Waals surface area (Å²) in [7, 11) is 0. The molecule has 4 heteroatoms. The van der Waals surface area contributed by atoms with Crippen LogP contribution in [0.3, 0.4) is 0 Å². The molecule has 0 unspecified atom stereocenters. The minimum atomic E-state index is 0.292. The summed E-state index contributed by atoms with van der Waals surface area (Å²) in [6.07, 6.45) is 7.75. The van der Waals surface area contributed by atoms with E-state index in [1.807, 2.05) is 18.3 Å². The molecule has 3 nitrogen and oxygen atoms in total. The van der Waals surface area contributed by atoms with E-state index in [0.717, 1.165) is 27.9 Å². The number of hydrogen-bond acceptors (Lipinski definition) is 3. The van der Waals surface area contributed by atoms with Crippen LogP contribution in [-0.4, -0.2) is 6.21 Å². The lowest BCUT2D eigenvalue weighted by atomic mass is 9.76. The summed E-state index contributed by atoms with van der Waals surface area (Å²) in [5.41, 5.74) is 8.44. The van der Waals surface area contributed by atoms with Crippen LogP contribution in [0.2, 0.25) is 0 Å². The minimum absolute atomic E-state index is 0.292. The van der Waals surface area contributed by atoms with Crippen LogP contribution in [-0.2, 0) is 6.61 Å². The highest BCUT2D eigenvalue weighted by atomic mass is 79.9. The van der Waals surface area contributed by atoms with Gasteiger partial charge in [0.05, 0.1) is 16.2 Å². The van der Waals surface area contributed by atoms with Gasteiger partial charge in [0.15, 0.2) is 0 Å². The summed E-state index contributed by atoms with van der Waals surface area (Å²) in [6.45, 7) is 2.69. The van der Waals surface area contributed by atoms with E-state index in [1.54, 1.807) is 0 Å². The van der Waals surface area contributed by atoms with Gasteiger partial charge in [-0.1, -0.05) is 84.4 Å². The SMILES string of the molecule is Cc1ccc2c(c1)[C@@H]1C=CC[C@@H]1[C@@H](c1ccc(N=Cc3ccc(OCc4cccc5ccccc45)c(Br)c3)cc1)N2. The average Bonchev–Trinajstić information content (AvgIpc) is 3.50. The Morgan fingerprint density at radius 1 is 0.927 bits per heavy atom. The van der Waals surface area contributed by atoms with E-state index in [0.29, 0.717) is 24.5 Å². The van der Waals surface area contributed by atoms with Crippen molar-refractivity contribution in [2.75, 3.05) is 5.32 Å². The third kappa shape index (κ3) is 5.20. The molecule has 0 amide bonds. The summed E-state index contributed by atoms with van der Waals surface area (Å²) in [5, 5.41) is 6.28. The Morgan fingerprint density at radius 3 is 2.66 bits per heavy atom. The van der Waals surface area contributed by atoms with Crippen molar-refractivity contribution in [1.29, 1.82) is 0 Å². The molecule has 5 aromatic carbocycles. The number of aliphatic imine (C=N–C) groups is 1. The van der Waals surface area contributed by atoms with E-state index in [1.165, 1.54) is 38.7 Å². The molecule has 5 aromatic rings. The number of allylic oxidation sites excluding steroid dienone is 2. The molecule has 1 heterocycles. The van der Waals surface area contributed by atoms with Crippen molar-refractivity contribution < 1.29 is 4.74 Å². The summed E-state index contributed by atoms with van der Waals surface area (Å²) in [6, 6.07) is 36.6. The topological polar surface area (TPSA) is 33.6 Å². The largest absolute Gasteiger partial charge is 0.488 e. The van der Waals surface area contributed by atoms with Gasteiger partial charge in [-0.25, -0.2) is 0 Å². The van der Waals surface area contributed by atoms with Crippen molar-refractivity contribution in [3.8, 4) is 5.75 Å². The maximum atomic E-state index is 6.18. The second-order valence-corrected chi connectivity index (χ2v) is 11.9. The fraction of sp³-hybridized carbons (Fsp3) is 0.162. The van der Waals surface area contributed by atoms with E-state index in [4.69, 9.17) is 9.73 Å². The lowest BCUT2D eigenvalue weighted by Gasteiger charge is -2.37. The highest BCUT2D eigenvalue weighted by Gasteiger charge is 2.37. The van der Waals surface area contributed by atoms with Crippen LogP contribution < -0.4 is 10.1 Å². The van der Waals surface area contributed by atoms with Gasteiger partial charge in [0.2, 0.25) is 0 Å². The first-order chi connectivity index (χ1) is 20.1. The zero-order chi connectivity index (χ0) is 27.8. The van der Waals surface area contributed by atoms with Crippen LogP contribution >= 0.6 is 15.9 Å². The number of nitrogens with zero attached hydrogens (tertiary/aromatic N) is 1. The van der Waals surface area contributed by atoms with Crippen molar-refractivity contribution in [2.45, 2.75) is 31.9 Å². The Hall–Kier alpha value is -4.15. The van der Waals surface area contributed by atoms with Crippen molar-refractivity contribution in [2.24, 2.45) is 10.9 Å². The molecule has 2 aliphatic rings. The first kappa shape index (κ1) is 25.8. The number of nitrogens with one attached hydrogen (secondary N) is 1. The Bertz CT molecular complexity index is 1780. The average molecular weight is 600 g/mol. The first-order valence-corrected chi connectivity index (χ1v) is 15.0. The molecule has 0 bridgehead atoms. The molecule has 0 saturated carbocycles. The van der Waals surface area contributed by atoms with E-state index >= 15 is 0 Å². The van der Waals surface area contributed by atoms with Crippen molar-refractivity contribution in [3.63, 3.8) is 0 Å². The summed E-state index contributed by atoms with van der Waals surface area (Å²) in [5.74, 6) is 1.83. The van der Waals surface area contributed by atoms with Crippen LogP contribution in [0, 0.1) is 12.8 Å². The number of benzene rings is 5. The number of anilines is 1. The van der Waals surface area contributed by atoms with Crippen LogP contribution in [0.15, 0.2) is 125 Å². The van der Waals surface area contributed by atoms with Gasteiger partial charge in [0.25, 0.3) is 0 Å². The predicted molar refractivity (Wildman–Crippen MR) is 174 cm³/mol. The molecule has 202 valence electrons. The Labute approximate surface area is 249 Å². The Morgan fingerprint density at radius 2 is 1.78 bits per heavy atom. The normalized spacial score (nSPS) is 19.2. The lowest BCUT2D eigenvalue weighted by Crippen LogP contribution is -2.29. The van der Waals surface area contributed by atoms with E-state index in [2.05, 4.69) is 131 Å². The lowest BCUT2D eigenvalue weighted by molar-refractivity contribution is 0.305. The van der Waals surface area contributed by atoms with Gasteiger partial charge >= 0.3 is 0 Å².